The summed E-state index contributed by atoms with van der Waals surface area (Å²) in [5, 5.41) is 24.2. The molecule has 4 heterocycles. The van der Waals surface area contributed by atoms with Crippen LogP contribution in [0, 0.1) is 11.6 Å². The van der Waals surface area contributed by atoms with Gasteiger partial charge in [0.15, 0.2) is 5.82 Å². The molecule has 4 aromatic rings. The molecule has 0 aliphatic carbocycles. The lowest BCUT2D eigenvalue weighted by molar-refractivity contribution is 0.107. The molecule has 0 amide bonds. The van der Waals surface area contributed by atoms with Crippen molar-refractivity contribution < 1.29 is 32.9 Å². The van der Waals surface area contributed by atoms with Crippen LogP contribution < -0.4 is 14.8 Å². The highest BCUT2D eigenvalue weighted by Gasteiger charge is 2.49. The Morgan fingerprint density at radius 1 is 1.16 bits per heavy atom. The first-order valence-electron chi connectivity index (χ1n) is 15.0. The number of fused-ring (bicyclic) bond motifs is 3. The number of aromatic hydroxyl groups is 1. The van der Waals surface area contributed by atoms with Gasteiger partial charge in [-0.2, -0.15) is 9.97 Å². The number of anilines is 1. The number of phenolic OH excluding ortho intramolecular Hbond substituents is 1. The maximum absolute atomic E-state index is 16.8. The molecule has 3 N–H and O–H groups in total. The normalized spacial score (nSPS) is 20.1. The van der Waals surface area contributed by atoms with Crippen molar-refractivity contribution in [1.29, 1.82) is 0 Å². The first-order valence-corrected chi connectivity index (χ1v) is 15.0. The summed E-state index contributed by atoms with van der Waals surface area (Å²) in [5.41, 5.74) is -0.312. The number of alkyl halides is 1. The number of aliphatic hydroxyl groups excluding tert-OH is 1. The Bertz CT molecular complexity index is 1720. The molecule has 2 aromatic carbocycles. The molecule has 6 rings (SSSR count). The number of nitrogens with zero attached hydrogens (tertiary/aromatic N) is 4. The number of aryl methyl sites for hydroxylation is 1. The Hall–Kier alpha value is -3.90. The van der Waals surface area contributed by atoms with E-state index in [9.17, 15) is 19.0 Å². The molecule has 2 aliphatic rings. The van der Waals surface area contributed by atoms with Crippen LogP contribution >= 0.6 is 0 Å². The number of ether oxygens (including phenoxy) is 2. The lowest BCUT2D eigenvalue weighted by Crippen LogP contribution is -2.43. The van der Waals surface area contributed by atoms with Gasteiger partial charge in [0.2, 0.25) is 5.88 Å². The fourth-order valence-corrected chi connectivity index (χ4v) is 6.65. The summed E-state index contributed by atoms with van der Waals surface area (Å²) in [6.07, 6.45) is 1.03. The molecule has 12 heteroatoms. The van der Waals surface area contributed by atoms with Crippen LogP contribution in [0.3, 0.4) is 0 Å². The Balaban J connectivity index is 1.56. The zero-order valence-corrected chi connectivity index (χ0v) is 25.0. The number of hydrogen-bond acceptors (Lipinski definition) is 9. The van der Waals surface area contributed by atoms with E-state index >= 15 is 4.39 Å². The van der Waals surface area contributed by atoms with Crippen LogP contribution in [-0.2, 0) is 6.42 Å². The van der Waals surface area contributed by atoms with E-state index in [-0.39, 0.29) is 71.5 Å². The highest BCUT2D eigenvalue weighted by molar-refractivity contribution is 6.03. The van der Waals surface area contributed by atoms with Crippen LogP contribution in [0.5, 0.6) is 17.6 Å². The van der Waals surface area contributed by atoms with Gasteiger partial charge in [0.05, 0.1) is 18.2 Å². The summed E-state index contributed by atoms with van der Waals surface area (Å²) >= 11 is 0. The second-order valence-corrected chi connectivity index (χ2v) is 11.8. The summed E-state index contributed by atoms with van der Waals surface area (Å²) in [5.74, 6) is -1.29. The molecule has 2 aromatic heterocycles. The van der Waals surface area contributed by atoms with E-state index in [4.69, 9.17) is 9.47 Å². The summed E-state index contributed by atoms with van der Waals surface area (Å²) < 4.78 is 58.3. The molecule has 2 aliphatic heterocycles. The smallest absolute Gasteiger partial charge is 0.319 e. The highest BCUT2D eigenvalue weighted by Crippen LogP contribution is 2.43. The van der Waals surface area contributed by atoms with E-state index in [2.05, 4.69) is 25.2 Å². The number of aliphatic hydroxyl groups is 1. The highest BCUT2D eigenvalue weighted by atomic mass is 19.1. The number of nitrogens with one attached hydrogen (secondary N) is 1. The Labute approximate surface area is 253 Å². The minimum Gasteiger partial charge on any atom is -0.508 e. The molecule has 0 saturated carbocycles. The van der Waals surface area contributed by atoms with Crippen molar-refractivity contribution in [3.8, 4) is 28.9 Å². The number of phenols is 1. The van der Waals surface area contributed by atoms with E-state index in [1.807, 2.05) is 0 Å². The Kier molecular flexibility index (Phi) is 8.14. The van der Waals surface area contributed by atoms with E-state index in [0.29, 0.717) is 35.7 Å². The zero-order chi connectivity index (χ0) is 31.2. The van der Waals surface area contributed by atoms with Crippen molar-refractivity contribution in [2.45, 2.75) is 64.3 Å². The standard InChI is InChI=1S/C32H36F3N5O4/c1-4-21-23(34)7-6-18-12-20(42)13-22(24(18)21)27-26(35)28-25(30(37-27)44-17(2)3)29(36-9-11-41)39-31(38-28)43-16-32-8-5-10-40(32)15-19(33)14-32/h6-7,12-13,17,19,41-42H,4-5,8-11,14-16H2,1-3H3,(H,36,38,39)/t19-,32+/m1/s1. The van der Waals surface area contributed by atoms with Crippen LogP contribution in [0.4, 0.5) is 19.0 Å². The van der Waals surface area contributed by atoms with Crippen LogP contribution in [0.25, 0.3) is 32.9 Å². The van der Waals surface area contributed by atoms with E-state index in [1.54, 1.807) is 20.8 Å². The lowest BCUT2D eigenvalue weighted by Gasteiger charge is -2.30. The van der Waals surface area contributed by atoms with Gasteiger partial charge in [0.1, 0.15) is 46.8 Å². The average molecular weight is 612 g/mol. The molecule has 2 saturated heterocycles. The minimum atomic E-state index is -0.949. The number of pyridine rings is 1. The summed E-state index contributed by atoms with van der Waals surface area (Å²) in [4.78, 5) is 15.6. The maximum atomic E-state index is 16.8. The summed E-state index contributed by atoms with van der Waals surface area (Å²) in [7, 11) is 0. The van der Waals surface area contributed by atoms with Gasteiger partial charge in [-0.3, -0.25) is 4.90 Å². The predicted molar refractivity (Wildman–Crippen MR) is 161 cm³/mol. The number of hydrogen-bond donors (Lipinski definition) is 3. The van der Waals surface area contributed by atoms with Gasteiger partial charge < -0.3 is 25.0 Å². The Morgan fingerprint density at radius 3 is 2.73 bits per heavy atom. The molecule has 2 atom stereocenters. The van der Waals surface area contributed by atoms with Gasteiger partial charge in [-0.1, -0.05) is 13.0 Å². The molecular formula is C32H36F3N5O4. The molecule has 234 valence electrons. The van der Waals surface area contributed by atoms with E-state index in [1.165, 1.54) is 24.3 Å². The van der Waals surface area contributed by atoms with Crippen molar-refractivity contribution in [3.63, 3.8) is 0 Å². The second kappa shape index (κ2) is 11.9. The number of rotatable bonds is 10. The third-order valence-electron chi connectivity index (χ3n) is 8.48. The van der Waals surface area contributed by atoms with Gasteiger partial charge in [-0.25, -0.2) is 18.2 Å². The van der Waals surface area contributed by atoms with Crippen molar-refractivity contribution in [2.75, 3.05) is 38.2 Å². The van der Waals surface area contributed by atoms with Gasteiger partial charge in [-0.05, 0) is 74.2 Å². The first kappa shape index (κ1) is 30.1. The van der Waals surface area contributed by atoms with Crippen molar-refractivity contribution in [1.82, 2.24) is 19.9 Å². The zero-order valence-electron chi connectivity index (χ0n) is 25.0. The molecule has 0 spiro atoms. The SMILES string of the molecule is CCc1c(F)ccc2cc(O)cc(-c3nc(OC(C)C)c4c(NCCO)nc(OC[C@@]56CCCN5C[C@H](F)C6)nc4c3F)c12. The number of benzene rings is 2. The fourth-order valence-electron chi connectivity index (χ4n) is 6.65. The lowest BCUT2D eigenvalue weighted by atomic mass is 9.94. The van der Waals surface area contributed by atoms with Crippen LogP contribution in [-0.4, -0.2) is 80.7 Å². The topological polar surface area (TPSA) is 113 Å². The molecule has 9 nitrogen and oxygen atoms in total. The molecular weight excluding hydrogens is 575 g/mol. The quantitative estimate of drug-likeness (QED) is 0.213. The minimum absolute atomic E-state index is 0.0148. The van der Waals surface area contributed by atoms with Crippen molar-refractivity contribution in [2.24, 2.45) is 0 Å². The van der Waals surface area contributed by atoms with E-state index in [0.717, 1.165) is 19.4 Å². The van der Waals surface area contributed by atoms with Gasteiger partial charge in [0, 0.05) is 25.1 Å². The van der Waals surface area contributed by atoms with Crippen molar-refractivity contribution >= 4 is 27.5 Å². The van der Waals surface area contributed by atoms with Crippen molar-refractivity contribution in [3.05, 3.63) is 41.5 Å². The molecule has 0 bridgehead atoms. The molecule has 0 radical (unpaired) electrons. The molecule has 44 heavy (non-hydrogen) atoms. The summed E-state index contributed by atoms with van der Waals surface area (Å²) in [6, 6.07) is 5.55. The van der Waals surface area contributed by atoms with Crippen LogP contribution in [0.1, 0.15) is 45.6 Å². The van der Waals surface area contributed by atoms with E-state index < -0.39 is 23.3 Å². The third-order valence-corrected chi connectivity index (χ3v) is 8.48. The van der Waals surface area contributed by atoms with Gasteiger partial charge >= 0.3 is 6.01 Å². The van der Waals surface area contributed by atoms with Gasteiger partial charge in [-0.15, -0.1) is 0 Å². The second-order valence-electron chi connectivity index (χ2n) is 11.8. The maximum Gasteiger partial charge on any atom is 0.319 e. The average Bonchev–Trinajstić information content (AvgIpc) is 3.51. The fraction of sp³-hybridized carbons (Fsp3) is 0.469. The molecule has 2 fully saturated rings. The molecule has 0 unspecified atom stereocenters. The first-order chi connectivity index (χ1) is 21.1. The monoisotopic (exact) mass is 611 g/mol. The van der Waals surface area contributed by atoms with Crippen LogP contribution in [0.2, 0.25) is 0 Å². The number of halogens is 3. The van der Waals surface area contributed by atoms with Crippen LogP contribution in [0.15, 0.2) is 24.3 Å². The van der Waals surface area contributed by atoms with Gasteiger partial charge in [0.25, 0.3) is 0 Å². The Morgan fingerprint density at radius 2 is 1.98 bits per heavy atom. The third kappa shape index (κ3) is 5.34. The number of aromatic nitrogens is 3. The largest absolute Gasteiger partial charge is 0.508 e. The summed E-state index contributed by atoms with van der Waals surface area (Å²) in [6.45, 7) is 6.49. The predicted octanol–water partition coefficient (Wildman–Crippen LogP) is 5.54.